The standard InChI is InChI=1S/C16H19FN2O2S/c1-9-2-7-12(17)14-15(9)18-13(19-16(14)21)8-22-11-5-3-10(20)4-6-11/h2,7,10-11,20H,3-6,8H2,1H3,(H,18,19,21). The van der Waals surface area contributed by atoms with Crippen LogP contribution in [-0.2, 0) is 5.75 Å². The summed E-state index contributed by atoms with van der Waals surface area (Å²) in [7, 11) is 0. The van der Waals surface area contributed by atoms with Crippen LogP contribution in [0.25, 0.3) is 10.9 Å². The lowest BCUT2D eigenvalue weighted by atomic mass is 9.97. The lowest BCUT2D eigenvalue weighted by Crippen LogP contribution is -2.20. The Hall–Kier alpha value is -1.40. The minimum absolute atomic E-state index is 0.0366. The molecule has 0 saturated heterocycles. The number of aromatic nitrogens is 2. The lowest BCUT2D eigenvalue weighted by molar-refractivity contribution is 0.132. The van der Waals surface area contributed by atoms with Crippen molar-refractivity contribution in [3.05, 3.63) is 39.7 Å². The number of nitrogens with one attached hydrogen (secondary N) is 1. The molecule has 1 saturated carbocycles. The molecule has 1 aromatic heterocycles. The van der Waals surface area contributed by atoms with Crippen molar-refractivity contribution in [2.24, 2.45) is 0 Å². The molecule has 1 aliphatic rings. The van der Waals surface area contributed by atoms with E-state index >= 15 is 0 Å². The molecule has 0 radical (unpaired) electrons. The fraction of sp³-hybridized carbons (Fsp3) is 0.500. The zero-order valence-electron chi connectivity index (χ0n) is 12.4. The van der Waals surface area contributed by atoms with Crippen LogP contribution in [0.4, 0.5) is 4.39 Å². The molecule has 0 bridgehead atoms. The van der Waals surface area contributed by atoms with Gasteiger partial charge >= 0.3 is 0 Å². The maximum absolute atomic E-state index is 13.8. The number of aryl methyl sites for hydroxylation is 1. The van der Waals surface area contributed by atoms with E-state index in [0.29, 0.717) is 22.3 Å². The first-order valence-corrected chi connectivity index (χ1v) is 8.57. The van der Waals surface area contributed by atoms with Crippen molar-refractivity contribution in [2.45, 2.75) is 49.7 Å². The third-order valence-electron chi connectivity index (χ3n) is 4.16. The van der Waals surface area contributed by atoms with Gasteiger partial charge in [0.1, 0.15) is 17.0 Å². The van der Waals surface area contributed by atoms with Crippen LogP contribution in [0.2, 0.25) is 0 Å². The van der Waals surface area contributed by atoms with Gasteiger partial charge in [-0.3, -0.25) is 4.79 Å². The van der Waals surface area contributed by atoms with E-state index in [1.165, 1.54) is 6.07 Å². The molecule has 1 heterocycles. The van der Waals surface area contributed by atoms with Crippen molar-refractivity contribution >= 4 is 22.7 Å². The maximum Gasteiger partial charge on any atom is 0.261 e. The fourth-order valence-electron chi connectivity index (χ4n) is 2.86. The van der Waals surface area contributed by atoms with E-state index in [9.17, 15) is 14.3 Å². The summed E-state index contributed by atoms with van der Waals surface area (Å²) in [5, 5.41) is 10.0. The second-order valence-electron chi connectivity index (χ2n) is 5.84. The van der Waals surface area contributed by atoms with Gasteiger partial charge in [-0.1, -0.05) is 6.07 Å². The number of aromatic amines is 1. The van der Waals surface area contributed by atoms with Crippen LogP contribution >= 0.6 is 11.8 Å². The predicted octanol–water partition coefficient (Wildman–Crippen LogP) is 2.91. The van der Waals surface area contributed by atoms with Gasteiger partial charge in [0.15, 0.2) is 0 Å². The number of aliphatic hydroxyl groups is 1. The first kappa shape index (κ1) is 15.5. The molecule has 0 amide bonds. The Balaban J connectivity index is 1.80. The van der Waals surface area contributed by atoms with Gasteiger partial charge in [-0.2, -0.15) is 11.8 Å². The molecule has 2 aromatic rings. The molecule has 1 aliphatic carbocycles. The number of fused-ring (bicyclic) bond motifs is 1. The van der Waals surface area contributed by atoms with Gasteiger partial charge in [0, 0.05) is 5.25 Å². The average Bonchev–Trinajstić information content (AvgIpc) is 2.50. The molecule has 2 N–H and O–H groups in total. The zero-order chi connectivity index (χ0) is 15.7. The van der Waals surface area contributed by atoms with E-state index < -0.39 is 11.4 Å². The van der Waals surface area contributed by atoms with Gasteiger partial charge in [0.2, 0.25) is 0 Å². The van der Waals surface area contributed by atoms with Crippen LogP contribution in [0.5, 0.6) is 0 Å². The number of rotatable bonds is 3. The van der Waals surface area contributed by atoms with E-state index in [2.05, 4.69) is 9.97 Å². The highest BCUT2D eigenvalue weighted by molar-refractivity contribution is 7.99. The van der Waals surface area contributed by atoms with Crippen molar-refractivity contribution in [3.8, 4) is 0 Å². The molecule has 0 aliphatic heterocycles. The molecular weight excluding hydrogens is 303 g/mol. The Morgan fingerprint density at radius 1 is 1.36 bits per heavy atom. The SMILES string of the molecule is Cc1ccc(F)c2c(=O)[nH]c(CSC3CCC(O)CC3)nc12. The summed E-state index contributed by atoms with van der Waals surface area (Å²) in [6.45, 7) is 1.83. The summed E-state index contributed by atoms with van der Waals surface area (Å²) < 4.78 is 13.8. The van der Waals surface area contributed by atoms with Crippen molar-refractivity contribution in [2.75, 3.05) is 0 Å². The van der Waals surface area contributed by atoms with Gasteiger partial charge in [0.05, 0.1) is 17.4 Å². The second kappa shape index (κ2) is 6.38. The Morgan fingerprint density at radius 2 is 2.09 bits per heavy atom. The van der Waals surface area contributed by atoms with Crippen LogP contribution in [0.1, 0.15) is 37.1 Å². The van der Waals surface area contributed by atoms with E-state index in [1.54, 1.807) is 17.8 Å². The first-order chi connectivity index (χ1) is 10.5. The van der Waals surface area contributed by atoms with Crippen LogP contribution in [-0.4, -0.2) is 26.4 Å². The summed E-state index contributed by atoms with van der Waals surface area (Å²) in [6.07, 6.45) is 3.48. The van der Waals surface area contributed by atoms with Gasteiger partial charge in [-0.05, 0) is 44.2 Å². The van der Waals surface area contributed by atoms with Gasteiger partial charge in [-0.15, -0.1) is 0 Å². The second-order valence-corrected chi connectivity index (χ2v) is 7.13. The number of hydrogen-bond donors (Lipinski definition) is 2. The Morgan fingerprint density at radius 3 is 2.82 bits per heavy atom. The Bertz CT molecular complexity index is 739. The van der Waals surface area contributed by atoms with E-state index in [0.717, 1.165) is 31.2 Å². The van der Waals surface area contributed by atoms with Crippen molar-refractivity contribution in [1.82, 2.24) is 9.97 Å². The third-order valence-corrected chi connectivity index (χ3v) is 5.54. The highest BCUT2D eigenvalue weighted by Gasteiger charge is 2.20. The summed E-state index contributed by atoms with van der Waals surface area (Å²) in [6, 6.07) is 2.94. The van der Waals surface area contributed by atoms with Crippen LogP contribution < -0.4 is 5.56 Å². The molecular formula is C16H19FN2O2S. The van der Waals surface area contributed by atoms with Crippen molar-refractivity contribution in [1.29, 1.82) is 0 Å². The molecule has 3 rings (SSSR count). The molecule has 0 spiro atoms. The normalized spacial score (nSPS) is 22.1. The van der Waals surface area contributed by atoms with Crippen LogP contribution in [0.15, 0.2) is 16.9 Å². The maximum atomic E-state index is 13.8. The summed E-state index contributed by atoms with van der Waals surface area (Å²) in [4.78, 5) is 19.2. The fourth-order valence-corrected chi connectivity index (χ4v) is 4.00. The topological polar surface area (TPSA) is 66.0 Å². The molecule has 118 valence electrons. The highest BCUT2D eigenvalue weighted by Crippen LogP contribution is 2.30. The highest BCUT2D eigenvalue weighted by atomic mass is 32.2. The summed E-state index contributed by atoms with van der Waals surface area (Å²) in [5.41, 5.74) is 0.828. The molecule has 4 nitrogen and oxygen atoms in total. The first-order valence-electron chi connectivity index (χ1n) is 7.52. The largest absolute Gasteiger partial charge is 0.393 e. The predicted molar refractivity (Wildman–Crippen MR) is 86.6 cm³/mol. The Kier molecular flexibility index (Phi) is 4.49. The van der Waals surface area contributed by atoms with Crippen molar-refractivity contribution in [3.63, 3.8) is 0 Å². The van der Waals surface area contributed by atoms with Crippen LogP contribution in [0.3, 0.4) is 0 Å². The zero-order valence-corrected chi connectivity index (χ0v) is 13.3. The smallest absolute Gasteiger partial charge is 0.261 e. The van der Waals surface area contributed by atoms with Gasteiger partial charge in [-0.25, -0.2) is 9.37 Å². The lowest BCUT2D eigenvalue weighted by Gasteiger charge is -2.24. The number of benzene rings is 1. The van der Waals surface area contributed by atoms with Crippen LogP contribution in [0, 0.1) is 12.7 Å². The number of nitrogens with zero attached hydrogens (tertiary/aromatic N) is 1. The number of aliphatic hydroxyl groups excluding tert-OH is 1. The van der Waals surface area contributed by atoms with Gasteiger partial charge < -0.3 is 10.1 Å². The monoisotopic (exact) mass is 322 g/mol. The summed E-state index contributed by atoms with van der Waals surface area (Å²) >= 11 is 1.74. The third kappa shape index (κ3) is 3.17. The molecule has 1 fully saturated rings. The van der Waals surface area contributed by atoms with E-state index in [1.807, 2.05) is 6.92 Å². The van der Waals surface area contributed by atoms with Crippen molar-refractivity contribution < 1.29 is 9.50 Å². The number of thioether (sulfide) groups is 1. The average molecular weight is 322 g/mol. The van der Waals surface area contributed by atoms with Gasteiger partial charge in [0.25, 0.3) is 5.56 Å². The number of halogens is 1. The quantitative estimate of drug-likeness (QED) is 0.912. The minimum atomic E-state index is -0.533. The molecule has 1 aromatic carbocycles. The summed E-state index contributed by atoms with van der Waals surface area (Å²) in [5.74, 6) is 0.652. The minimum Gasteiger partial charge on any atom is -0.393 e. The van der Waals surface area contributed by atoms with E-state index in [-0.39, 0.29) is 11.5 Å². The molecule has 6 heteroatoms. The molecule has 22 heavy (non-hydrogen) atoms. The molecule has 0 unspecified atom stereocenters. The Labute approximate surface area is 132 Å². The number of H-pyrrole nitrogens is 1. The molecule has 0 atom stereocenters. The number of hydrogen-bond acceptors (Lipinski definition) is 4. The van der Waals surface area contributed by atoms with E-state index in [4.69, 9.17) is 0 Å².